The van der Waals surface area contributed by atoms with Gasteiger partial charge in [0.25, 0.3) is 5.69 Å². The second kappa shape index (κ2) is 3.88. The van der Waals surface area contributed by atoms with E-state index in [1.165, 1.54) is 6.07 Å². The van der Waals surface area contributed by atoms with Crippen molar-refractivity contribution in [3.05, 3.63) is 27.8 Å². The van der Waals surface area contributed by atoms with Gasteiger partial charge in [-0.15, -0.1) is 0 Å². The van der Waals surface area contributed by atoms with E-state index in [1.807, 2.05) is 6.07 Å². The number of nitro benzene ring substituents is 1. The molecule has 0 bridgehead atoms. The number of nitriles is 1. The van der Waals surface area contributed by atoms with Crippen LogP contribution in [0.25, 0.3) is 0 Å². The molecule has 0 saturated carbocycles. The smallest absolute Gasteiger partial charge is 0.291 e. The van der Waals surface area contributed by atoms with Gasteiger partial charge in [-0.25, -0.2) is 0 Å². The molecule has 18 heavy (non-hydrogen) atoms. The molecule has 6 nitrogen and oxygen atoms in total. The molecule has 0 unspecified atom stereocenters. The van der Waals surface area contributed by atoms with Crippen LogP contribution in [0.4, 0.5) is 11.4 Å². The first-order valence-electron chi connectivity index (χ1n) is 5.83. The molecule has 92 valence electrons. The van der Waals surface area contributed by atoms with Gasteiger partial charge in [0.05, 0.1) is 16.7 Å². The van der Waals surface area contributed by atoms with E-state index in [2.05, 4.69) is 4.90 Å². The molecule has 1 fully saturated rings. The lowest BCUT2D eigenvalue weighted by atomic mass is 10.1. The summed E-state index contributed by atoms with van der Waals surface area (Å²) in [5.41, 5.74) is 0.655. The molecule has 1 aromatic carbocycles. The van der Waals surface area contributed by atoms with Gasteiger partial charge in [-0.1, -0.05) is 0 Å². The van der Waals surface area contributed by atoms with Gasteiger partial charge in [0.1, 0.15) is 12.7 Å². The van der Waals surface area contributed by atoms with Crippen LogP contribution in [0.3, 0.4) is 0 Å². The van der Waals surface area contributed by atoms with Crippen molar-refractivity contribution in [2.75, 3.05) is 18.1 Å². The normalized spacial score (nSPS) is 20.6. The van der Waals surface area contributed by atoms with E-state index < -0.39 is 4.92 Å². The predicted octanol–water partition coefficient (Wildman–Crippen LogP) is 1.83. The average molecular weight is 245 g/mol. The quantitative estimate of drug-likeness (QED) is 0.557. The third kappa shape index (κ3) is 1.40. The highest BCUT2D eigenvalue weighted by Gasteiger charge is 2.35. The minimum atomic E-state index is -0.543. The molecule has 6 heteroatoms. The van der Waals surface area contributed by atoms with Gasteiger partial charge in [0.15, 0.2) is 11.3 Å². The number of hydrogen-bond donors (Lipinski definition) is 0. The number of fused-ring (bicyclic) bond motifs is 3. The molecular weight excluding hydrogens is 234 g/mol. The molecule has 0 aliphatic carbocycles. The van der Waals surface area contributed by atoms with Gasteiger partial charge in [-0.3, -0.25) is 10.1 Å². The van der Waals surface area contributed by atoms with Crippen LogP contribution < -0.4 is 9.64 Å². The zero-order valence-electron chi connectivity index (χ0n) is 9.63. The molecule has 1 aromatic rings. The van der Waals surface area contributed by atoms with E-state index in [4.69, 9.17) is 10.00 Å². The van der Waals surface area contributed by atoms with E-state index in [0.717, 1.165) is 25.1 Å². The fourth-order valence-corrected chi connectivity index (χ4v) is 2.70. The van der Waals surface area contributed by atoms with Crippen molar-refractivity contribution in [3.8, 4) is 11.8 Å². The van der Waals surface area contributed by atoms with Gasteiger partial charge in [0.2, 0.25) is 0 Å². The van der Waals surface area contributed by atoms with Crippen LogP contribution in [0.1, 0.15) is 18.4 Å². The molecule has 1 saturated heterocycles. The van der Waals surface area contributed by atoms with Crippen molar-refractivity contribution in [1.82, 2.24) is 0 Å². The van der Waals surface area contributed by atoms with Crippen LogP contribution in [0.2, 0.25) is 0 Å². The van der Waals surface area contributed by atoms with Gasteiger partial charge < -0.3 is 9.64 Å². The highest BCUT2D eigenvalue weighted by molar-refractivity contribution is 5.72. The number of benzene rings is 1. The van der Waals surface area contributed by atoms with Crippen molar-refractivity contribution >= 4 is 11.4 Å². The number of nitro groups is 1. The summed E-state index contributed by atoms with van der Waals surface area (Å²) in [7, 11) is 0. The Balaban J connectivity index is 2.16. The first kappa shape index (κ1) is 10.8. The summed E-state index contributed by atoms with van der Waals surface area (Å²) < 4.78 is 5.58. The minimum Gasteiger partial charge on any atom is -0.488 e. The maximum atomic E-state index is 10.9. The Labute approximate surface area is 104 Å². The predicted molar refractivity (Wildman–Crippen MR) is 63.7 cm³/mol. The van der Waals surface area contributed by atoms with Crippen molar-refractivity contribution in [1.29, 1.82) is 5.26 Å². The molecule has 0 radical (unpaired) electrons. The minimum absolute atomic E-state index is 0.0304. The summed E-state index contributed by atoms with van der Waals surface area (Å²) in [5.74, 6) is 0.366. The fourth-order valence-electron chi connectivity index (χ4n) is 2.70. The zero-order chi connectivity index (χ0) is 12.7. The van der Waals surface area contributed by atoms with Crippen LogP contribution in [0.5, 0.6) is 5.75 Å². The van der Waals surface area contributed by atoms with Crippen LogP contribution in [-0.2, 0) is 0 Å². The second-order valence-corrected chi connectivity index (χ2v) is 4.48. The van der Waals surface area contributed by atoms with E-state index in [-0.39, 0.29) is 11.3 Å². The lowest BCUT2D eigenvalue weighted by Crippen LogP contribution is -2.38. The molecule has 0 amide bonds. The number of anilines is 1. The molecule has 2 heterocycles. The Bertz CT molecular complexity index is 564. The SMILES string of the molecule is N#Cc1c([N+](=O)[O-])ccc2c1OC[C@H]1CCCN21. The van der Waals surface area contributed by atoms with E-state index in [1.54, 1.807) is 6.07 Å². The third-order valence-corrected chi connectivity index (χ3v) is 3.53. The maximum absolute atomic E-state index is 10.9. The van der Waals surface area contributed by atoms with Crippen molar-refractivity contribution in [2.24, 2.45) is 0 Å². The topological polar surface area (TPSA) is 79.4 Å². The number of hydrogen-bond acceptors (Lipinski definition) is 5. The standard InChI is InChI=1S/C12H11N3O3/c13-6-9-10(15(16)17)3-4-11-12(9)18-7-8-2-1-5-14(8)11/h3-4,8H,1-2,5,7H2/t8-/m1/s1. The summed E-state index contributed by atoms with van der Waals surface area (Å²) in [6.45, 7) is 1.42. The first-order valence-corrected chi connectivity index (χ1v) is 5.83. The summed E-state index contributed by atoms with van der Waals surface area (Å²) in [6, 6.07) is 5.31. The molecular formula is C12H11N3O3. The van der Waals surface area contributed by atoms with Crippen molar-refractivity contribution in [3.63, 3.8) is 0 Å². The molecule has 2 aliphatic rings. The van der Waals surface area contributed by atoms with Gasteiger partial charge in [-0.2, -0.15) is 5.26 Å². The molecule has 1 atom stereocenters. The van der Waals surface area contributed by atoms with Crippen molar-refractivity contribution < 1.29 is 9.66 Å². The lowest BCUT2D eigenvalue weighted by Gasteiger charge is -2.33. The second-order valence-electron chi connectivity index (χ2n) is 4.48. The van der Waals surface area contributed by atoms with E-state index in [0.29, 0.717) is 18.4 Å². The highest BCUT2D eigenvalue weighted by atomic mass is 16.6. The van der Waals surface area contributed by atoms with Crippen LogP contribution in [0, 0.1) is 21.4 Å². The first-order chi connectivity index (χ1) is 8.72. The Kier molecular flexibility index (Phi) is 2.33. The van der Waals surface area contributed by atoms with E-state index >= 15 is 0 Å². The Hall–Kier alpha value is -2.29. The Morgan fingerprint density at radius 1 is 1.56 bits per heavy atom. The molecule has 2 aliphatic heterocycles. The van der Waals surface area contributed by atoms with Crippen LogP contribution >= 0.6 is 0 Å². The number of ether oxygens (including phenoxy) is 1. The summed E-state index contributed by atoms with van der Waals surface area (Å²) in [4.78, 5) is 12.5. The largest absolute Gasteiger partial charge is 0.488 e. The number of rotatable bonds is 1. The summed E-state index contributed by atoms with van der Waals surface area (Å²) >= 11 is 0. The molecule has 0 spiro atoms. The maximum Gasteiger partial charge on any atom is 0.291 e. The Morgan fingerprint density at radius 2 is 2.39 bits per heavy atom. The third-order valence-electron chi connectivity index (χ3n) is 3.53. The number of nitrogens with zero attached hydrogens (tertiary/aromatic N) is 3. The van der Waals surface area contributed by atoms with Crippen molar-refractivity contribution in [2.45, 2.75) is 18.9 Å². The zero-order valence-corrected chi connectivity index (χ0v) is 9.63. The fraction of sp³-hybridized carbons (Fsp3) is 0.417. The van der Waals surface area contributed by atoms with Crippen LogP contribution in [-0.4, -0.2) is 24.1 Å². The summed E-state index contributed by atoms with van der Waals surface area (Å²) in [5, 5.41) is 20.0. The molecule has 3 rings (SSSR count). The average Bonchev–Trinajstić information content (AvgIpc) is 2.85. The molecule has 0 N–H and O–H groups in total. The van der Waals surface area contributed by atoms with Crippen LogP contribution in [0.15, 0.2) is 12.1 Å². The Morgan fingerprint density at radius 3 is 3.11 bits per heavy atom. The van der Waals surface area contributed by atoms with E-state index in [9.17, 15) is 10.1 Å². The monoisotopic (exact) mass is 245 g/mol. The highest BCUT2D eigenvalue weighted by Crippen LogP contribution is 2.43. The lowest BCUT2D eigenvalue weighted by molar-refractivity contribution is -0.385. The molecule has 0 aromatic heterocycles. The van der Waals surface area contributed by atoms with Gasteiger partial charge in [-0.05, 0) is 18.9 Å². The summed E-state index contributed by atoms with van der Waals surface area (Å²) in [6.07, 6.45) is 2.16. The van der Waals surface area contributed by atoms with Gasteiger partial charge >= 0.3 is 0 Å². The van der Waals surface area contributed by atoms with Gasteiger partial charge in [0, 0.05) is 12.6 Å².